The lowest BCUT2D eigenvalue weighted by atomic mass is 9.99. The Kier molecular flexibility index (Phi) is 9.06. The molecule has 0 N–H and O–H groups in total. The average molecular weight is 383 g/mol. The standard InChI is InChI=1S/C25H34O3/c1-19(8-5-9-20(2)11-7-13-23-14-15-27-18-23)10-6-12-21(3)16-24-17-22(4)25(26)28-24/h8,11,14-18,21H,5-7,9-10,12-13H2,1-4H3. The Morgan fingerprint density at radius 2 is 1.89 bits per heavy atom. The van der Waals surface area contributed by atoms with E-state index >= 15 is 0 Å². The third-order valence-electron chi connectivity index (χ3n) is 5.11. The number of cyclic esters (lactones) is 1. The first kappa shape index (κ1) is 22.0. The van der Waals surface area contributed by atoms with E-state index in [0.29, 0.717) is 17.3 Å². The molecule has 1 aromatic heterocycles. The lowest BCUT2D eigenvalue weighted by Crippen LogP contribution is -1.97. The van der Waals surface area contributed by atoms with E-state index in [9.17, 15) is 4.79 Å². The number of carbonyl (C=O) groups excluding carboxylic acids is 1. The molecule has 0 saturated carbocycles. The molecule has 1 aliphatic heterocycles. The highest BCUT2D eigenvalue weighted by Gasteiger charge is 2.17. The molecule has 0 saturated heterocycles. The highest BCUT2D eigenvalue weighted by Crippen LogP contribution is 2.21. The van der Waals surface area contributed by atoms with Gasteiger partial charge in [-0.15, -0.1) is 0 Å². The quantitative estimate of drug-likeness (QED) is 0.303. The number of ether oxygens (including phenoxy) is 1. The Morgan fingerprint density at radius 1 is 1.14 bits per heavy atom. The van der Waals surface area contributed by atoms with Gasteiger partial charge in [-0.2, -0.15) is 0 Å². The number of carbonyl (C=O) groups is 1. The minimum Gasteiger partial charge on any atom is -0.472 e. The lowest BCUT2D eigenvalue weighted by molar-refractivity contribution is -0.133. The van der Waals surface area contributed by atoms with Gasteiger partial charge in [0, 0.05) is 5.57 Å². The van der Waals surface area contributed by atoms with Gasteiger partial charge in [-0.25, -0.2) is 4.79 Å². The van der Waals surface area contributed by atoms with Crippen molar-refractivity contribution in [2.75, 3.05) is 0 Å². The van der Waals surface area contributed by atoms with Crippen LogP contribution in [0, 0.1) is 5.92 Å². The fraction of sp³-hybridized carbons (Fsp3) is 0.480. The fourth-order valence-electron chi connectivity index (χ4n) is 3.31. The van der Waals surface area contributed by atoms with E-state index in [1.165, 1.54) is 16.7 Å². The van der Waals surface area contributed by atoms with Crippen molar-refractivity contribution in [3.63, 3.8) is 0 Å². The number of esters is 1. The second kappa shape index (κ2) is 11.5. The van der Waals surface area contributed by atoms with Crippen LogP contribution < -0.4 is 0 Å². The van der Waals surface area contributed by atoms with Crippen molar-refractivity contribution >= 4 is 5.97 Å². The first-order chi connectivity index (χ1) is 13.4. The summed E-state index contributed by atoms with van der Waals surface area (Å²) in [6.45, 7) is 8.42. The van der Waals surface area contributed by atoms with Crippen molar-refractivity contribution in [2.24, 2.45) is 5.92 Å². The Morgan fingerprint density at radius 3 is 2.57 bits per heavy atom. The average Bonchev–Trinajstić information content (AvgIpc) is 3.25. The summed E-state index contributed by atoms with van der Waals surface area (Å²) in [5.74, 6) is 0.901. The van der Waals surface area contributed by atoms with Gasteiger partial charge in [-0.1, -0.05) is 30.2 Å². The van der Waals surface area contributed by atoms with Crippen molar-refractivity contribution in [1.82, 2.24) is 0 Å². The third-order valence-corrected chi connectivity index (χ3v) is 5.11. The molecule has 2 rings (SSSR count). The second-order valence-electron chi connectivity index (χ2n) is 7.97. The van der Waals surface area contributed by atoms with Crippen LogP contribution in [0.25, 0.3) is 0 Å². The summed E-state index contributed by atoms with van der Waals surface area (Å²) in [5, 5.41) is 0. The van der Waals surface area contributed by atoms with Crippen molar-refractivity contribution in [1.29, 1.82) is 0 Å². The van der Waals surface area contributed by atoms with Crippen LogP contribution in [0.5, 0.6) is 0 Å². The Bertz CT molecular complexity index is 745. The molecule has 1 atom stereocenters. The zero-order valence-electron chi connectivity index (χ0n) is 17.8. The van der Waals surface area contributed by atoms with Gasteiger partial charge in [-0.3, -0.25) is 0 Å². The van der Waals surface area contributed by atoms with Crippen LogP contribution in [0.15, 0.2) is 69.8 Å². The maximum Gasteiger partial charge on any atom is 0.339 e. The monoisotopic (exact) mass is 382 g/mol. The summed E-state index contributed by atoms with van der Waals surface area (Å²) < 4.78 is 10.3. The summed E-state index contributed by atoms with van der Waals surface area (Å²) in [4.78, 5) is 11.4. The molecule has 0 fully saturated rings. The number of allylic oxidation sites excluding steroid dienone is 6. The molecule has 2 heterocycles. The highest BCUT2D eigenvalue weighted by molar-refractivity contribution is 5.92. The maximum absolute atomic E-state index is 11.4. The van der Waals surface area contributed by atoms with E-state index < -0.39 is 0 Å². The van der Waals surface area contributed by atoms with Crippen LogP contribution >= 0.6 is 0 Å². The molecule has 0 amide bonds. The summed E-state index contributed by atoms with van der Waals surface area (Å²) in [7, 11) is 0. The molecule has 0 bridgehead atoms. The minimum absolute atomic E-state index is 0.219. The van der Waals surface area contributed by atoms with Crippen molar-refractivity contribution in [3.8, 4) is 0 Å². The summed E-state index contributed by atoms with van der Waals surface area (Å²) in [6.07, 6.45) is 19.9. The maximum atomic E-state index is 11.4. The number of aryl methyl sites for hydroxylation is 1. The summed E-state index contributed by atoms with van der Waals surface area (Å²) >= 11 is 0. The van der Waals surface area contributed by atoms with E-state index in [4.69, 9.17) is 9.15 Å². The van der Waals surface area contributed by atoms with Gasteiger partial charge in [0.2, 0.25) is 0 Å². The van der Waals surface area contributed by atoms with Crippen LogP contribution in [0.2, 0.25) is 0 Å². The predicted molar refractivity (Wildman–Crippen MR) is 115 cm³/mol. The topological polar surface area (TPSA) is 39.4 Å². The van der Waals surface area contributed by atoms with E-state index in [1.54, 1.807) is 13.2 Å². The van der Waals surface area contributed by atoms with E-state index in [-0.39, 0.29) is 5.97 Å². The van der Waals surface area contributed by atoms with Gasteiger partial charge in [0.15, 0.2) is 0 Å². The summed E-state index contributed by atoms with van der Waals surface area (Å²) in [6, 6.07) is 2.03. The van der Waals surface area contributed by atoms with Gasteiger partial charge < -0.3 is 9.15 Å². The molecular formula is C25H34O3. The largest absolute Gasteiger partial charge is 0.472 e. The van der Waals surface area contributed by atoms with Gasteiger partial charge in [0.1, 0.15) is 5.76 Å². The van der Waals surface area contributed by atoms with Crippen molar-refractivity contribution in [3.05, 3.63) is 70.9 Å². The Balaban J connectivity index is 1.60. The zero-order chi connectivity index (χ0) is 20.4. The highest BCUT2D eigenvalue weighted by atomic mass is 16.5. The molecule has 1 aliphatic rings. The summed E-state index contributed by atoms with van der Waals surface area (Å²) in [5.41, 5.74) is 4.88. The first-order valence-corrected chi connectivity index (χ1v) is 10.4. The molecular weight excluding hydrogens is 348 g/mol. The predicted octanol–water partition coefficient (Wildman–Crippen LogP) is 7.08. The van der Waals surface area contributed by atoms with Crippen molar-refractivity contribution < 1.29 is 13.9 Å². The van der Waals surface area contributed by atoms with Crippen LogP contribution in [-0.2, 0) is 16.0 Å². The Hall–Kier alpha value is -2.29. The first-order valence-electron chi connectivity index (χ1n) is 10.4. The molecule has 0 spiro atoms. The Labute approximate surface area is 169 Å². The van der Waals surface area contributed by atoms with Gasteiger partial charge in [0.25, 0.3) is 0 Å². The minimum atomic E-state index is -0.219. The van der Waals surface area contributed by atoms with Gasteiger partial charge in [-0.05, 0) is 95.4 Å². The lowest BCUT2D eigenvalue weighted by Gasteiger charge is -2.08. The number of rotatable bonds is 11. The van der Waals surface area contributed by atoms with E-state index in [0.717, 1.165) is 44.9 Å². The van der Waals surface area contributed by atoms with E-state index in [2.05, 4.69) is 39.0 Å². The van der Waals surface area contributed by atoms with E-state index in [1.807, 2.05) is 18.4 Å². The molecule has 1 unspecified atom stereocenters. The number of hydrogen-bond donors (Lipinski definition) is 0. The van der Waals surface area contributed by atoms with Crippen molar-refractivity contribution in [2.45, 2.75) is 72.6 Å². The zero-order valence-corrected chi connectivity index (χ0v) is 17.8. The normalized spacial score (nSPS) is 17.8. The van der Waals surface area contributed by atoms with Gasteiger partial charge in [0.05, 0.1) is 12.5 Å². The van der Waals surface area contributed by atoms with Gasteiger partial charge >= 0.3 is 5.97 Å². The SMILES string of the molecule is CC(=CCCc1ccoc1)CCC=C(C)CCCC(C)C=C1C=C(C)C(=O)O1. The van der Waals surface area contributed by atoms with Crippen LogP contribution in [0.3, 0.4) is 0 Å². The second-order valence-corrected chi connectivity index (χ2v) is 7.97. The fourth-order valence-corrected chi connectivity index (χ4v) is 3.31. The molecule has 0 radical (unpaired) electrons. The third kappa shape index (κ3) is 8.16. The molecule has 28 heavy (non-hydrogen) atoms. The molecule has 0 aliphatic carbocycles. The smallest absolute Gasteiger partial charge is 0.339 e. The molecule has 3 heteroatoms. The molecule has 1 aromatic rings. The van der Waals surface area contributed by atoms with Crippen LogP contribution in [0.1, 0.15) is 71.8 Å². The molecule has 0 aromatic carbocycles. The molecule has 152 valence electrons. The molecule has 3 nitrogen and oxygen atoms in total. The number of furan rings is 1. The number of hydrogen-bond acceptors (Lipinski definition) is 3. The van der Waals surface area contributed by atoms with Crippen LogP contribution in [0.4, 0.5) is 0 Å². The van der Waals surface area contributed by atoms with Crippen LogP contribution in [-0.4, -0.2) is 5.97 Å².